The molecule has 1 aromatic heterocycles. The molecule has 1 nitrogen and oxygen atoms in total. The van der Waals surface area contributed by atoms with Crippen molar-refractivity contribution in [3.8, 4) is 0 Å². The number of hydrogen-bond acceptors (Lipinski definition) is 0. The van der Waals surface area contributed by atoms with Gasteiger partial charge in [-0.2, -0.15) is 0 Å². The Labute approximate surface area is 196 Å². The van der Waals surface area contributed by atoms with Gasteiger partial charge >= 0.3 is 198 Å². The van der Waals surface area contributed by atoms with Crippen molar-refractivity contribution in [3.63, 3.8) is 0 Å². The topological polar surface area (TPSA) is 4.93 Å². The molecule has 0 spiro atoms. The summed E-state index contributed by atoms with van der Waals surface area (Å²) in [6.07, 6.45) is 6.96. The summed E-state index contributed by atoms with van der Waals surface area (Å²) in [7, 11) is 12.7. The monoisotopic (exact) mass is 535 g/mol. The Morgan fingerprint density at radius 1 is 0.806 bits per heavy atom. The van der Waals surface area contributed by atoms with Crippen molar-refractivity contribution < 1.29 is 13.5 Å². The van der Waals surface area contributed by atoms with Gasteiger partial charge in [0, 0.05) is 0 Å². The summed E-state index contributed by atoms with van der Waals surface area (Å²) in [5, 5.41) is 2.67. The fourth-order valence-electron chi connectivity index (χ4n) is 5.07. The van der Waals surface area contributed by atoms with Gasteiger partial charge in [-0.15, -0.1) is 0 Å². The Bertz CT molecular complexity index is 1200. The van der Waals surface area contributed by atoms with E-state index < -0.39 is 13.5 Å². The van der Waals surface area contributed by atoms with Crippen LogP contribution in [0, 0.1) is 17.8 Å². The molecular formula is C27H25Cl2NRu. The summed E-state index contributed by atoms with van der Waals surface area (Å²) < 4.78 is 4.79. The molecule has 4 aromatic rings. The van der Waals surface area contributed by atoms with Crippen LogP contribution >= 0.6 is 19.4 Å². The minimum atomic E-state index is -1.82. The van der Waals surface area contributed by atoms with Gasteiger partial charge in [0.1, 0.15) is 0 Å². The Morgan fingerprint density at radius 2 is 1.42 bits per heavy atom. The Balaban J connectivity index is 1.47. The van der Waals surface area contributed by atoms with Crippen LogP contribution in [0.3, 0.4) is 0 Å². The number of allylic oxidation sites excluding steroid dienone is 1. The van der Waals surface area contributed by atoms with Crippen LogP contribution < -0.4 is 0 Å². The predicted molar refractivity (Wildman–Crippen MR) is 132 cm³/mol. The van der Waals surface area contributed by atoms with Crippen LogP contribution in [0.25, 0.3) is 27.9 Å². The van der Waals surface area contributed by atoms with Gasteiger partial charge in [0.15, 0.2) is 0 Å². The number of halogens is 2. The third kappa shape index (κ3) is 4.58. The first-order chi connectivity index (χ1) is 15.2. The number of hydrogen-bond donors (Lipinski definition) is 0. The zero-order chi connectivity index (χ0) is 21.2. The Hall–Kier alpha value is -1.73. The SMILES string of the molecule is [Cl][Ru]([Cl])=[CH]C1CC(/C=C\c2ccccc2)CC1Cn1c2ccccc2c2ccccc21. The van der Waals surface area contributed by atoms with Crippen molar-refractivity contribution in [2.75, 3.05) is 0 Å². The first-order valence-electron chi connectivity index (χ1n) is 10.7. The van der Waals surface area contributed by atoms with Crippen molar-refractivity contribution in [2.45, 2.75) is 19.4 Å². The molecule has 1 fully saturated rings. The third-order valence-electron chi connectivity index (χ3n) is 6.48. The summed E-state index contributed by atoms with van der Waals surface area (Å²) in [6.45, 7) is 1.00. The van der Waals surface area contributed by atoms with Gasteiger partial charge in [-0.05, 0) is 0 Å². The number of para-hydroxylation sites is 2. The van der Waals surface area contributed by atoms with E-state index in [1.807, 2.05) is 0 Å². The van der Waals surface area contributed by atoms with Crippen molar-refractivity contribution >= 4 is 51.9 Å². The molecule has 1 aliphatic rings. The molecule has 0 radical (unpaired) electrons. The molecule has 1 heterocycles. The van der Waals surface area contributed by atoms with E-state index in [-0.39, 0.29) is 0 Å². The van der Waals surface area contributed by atoms with Crippen LogP contribution in [0.1, 0.15) is 18.4 Å². The number of rotatable bonds is 5. The van der Waals surface area contributed by atoms with Gasteiger partial charge in [-0.25, -0.2) is 0 Å². The second-order valence-corrected chi connectivity index (χ2v) is 14.2. The Kier molecular flexibility index (Phi) is 6.42. The molecule has 31 heavy (non-hydrogen) atoms. The number of benzene rings is 3. The van der Waals surface area contributed by atoms with E-state index >= 15 is 0 Å². The molecule has 0 N–H and O–H groups in total. The first kappa shape index (κ1) is 21.1. The van der Waals surface area contributed by atoms with Crippen LogP contribution in [0.2, 0.25) is 0 Å². The molecule has 1 aliphatic carbocycles. The molecular weight excluding hydrogens is 510 g/mol. The predicted octanol–water partition coefficient (Wildman–Crippen LogP) is 7.88. The maximum absolute atomic E-state index is 6.34. The van der Waals surface area contributed by atoms with Gasteiger partial charge in [0.25, 0.3) is 0 Å². The quantitative estimate of drug-likeness (QED) is 0.229. The van der Waals surface area contributed by atoms with Crippen LogP contribution in [-0.2, 0) is 20.1 Å². The van der Waals surface area contributed by atoms with Gasteiger partial charge in [0.2, 0.25) is 0 Å². The third-order valence-corrected chi connectivity index (χ3v) is 8.72. The van der Waals surface area contributed by atoms with Gasteiger partial charge in [-0.3, -0.25) is 0 Å². The first-order valence-corrected chi connectivity index (χ1v) is 16.2. The molecule has 3 aromatic carbocycles. The second-order valence-electron chi connectivity index (χ2n) is 8.39. The summed E-state index contributed by atoms with van der Waals surface area (Å²) in [5.74, 6) is 1.57. The second kappa shape index (κ2) is 9.41. The van der Waals surface area contributed by atoms with Crippen molar-refractivity contribution in [3.05, 3.63) is 90.5 Å². The van der Waals surface area contributed by atoms with Gasteiger partial charge < -0.3 is 0 Å². The van der Waals surface area contributed by atoms with Crippen molar-refractivity contribution in [1.29, 1.82) is 0 Å². The molecule has 4 heteroatoms. The van der Waals surface area contributed by atoms with E-state index in [9.17, 15) is 0 Å². The Morgan fingerprint density at radius 3 is 2.06 bits per heavy atom. The van der Waals surface area contributed by atoms with E-state index in [4.69, 9.17) is 19.4 Å². The normalized spacial score (nSPS) is 21.9. The standard InChI is InChI=1S/C27H25N.2ClH.Ru/c1-20-17-22(16-15-21-9-3-2-4-10-21)18-23(20)19-28-26-13-7-5-11-24(26)25-12-6-8-14-27(25)28;;;/h1-16,20,22-23H,17-19H2;2*1H;/q;;;+2/p-2/b16-15-;;;. The van der Waals surface area contributed by atoms with Crippen LogP contribution in [0.4, 0.5) is 0 Å². The van der Waals surface area contributed by atoms with Gasteiger partial charge in [0.05, 0.1) is 0 Å². The van der Waals surface area contributed by atoms with Crippen LogP contribution in [-0.4, -0.2) is 9.18 Å². The van der Waals surface area contributed by atoms with E-state index in [1.165, 1.54) is 33.8 Å². The molecule has 1 saturated carbocycles. The number of fused-ring (bicyclic) bond motifs is 3. The summed E-state index contributed by atoms with van der Waals surface area (Å²) >= 11 is -1.82. The molecule has 0 aliphatic heterocycles. The van der Waals surface area contributed by atoms with E-state index in [2.05, 4.69) is 100 Å². The average molecular weight is 535 g/mol. The van der Waals surface area contributed by atoms with Crippen molar-refractivity contribution in [2.24, 2.45) is 17.8 Å². The maximum atomic E-state index is 6.34. The average Bonchev–Trinajstić information content (AvgIpc) is 3.32. The summed E-state index contributed by atoms with van der Waals surface area (Å²) in [4.78, 5) is 0. The molecule has 3 unspecified atom stereocenters. The van der Waals surface area contributed by atoms with Crippen molar-refractivity contribution in [1.82, 2.24) is 4.57 Å². The molecule has 0 amide bonds. The minimum absolute atomic E-state index is 0.471. The van der Waals surface area contributed by atoms with E-state index in [0.29, 0.717) is 17.8 Å². The summed E-state index contributed by atoms with van der Waals surface area (Å²) in [6, 6.07) is 28.1. The molecule has 3 atom stereocenters. The fraction of sp³-hybridized carbons (Fsp3) is 0.222. The zero-order valence-corrected chi connectivity index (χ0v) is 20.4. The van der Waals surface area contributed by atoms with Crippen LogP contribution in [0.15, 0.2) is 84.9 Å². The molecule has 0 saturated heterocycles. The molecule has 5 rings (SSSR count). The van der Waals surface area contributed by atoms with Crippen LogP contribution in [0.5, 0.6) is 0 Å². The number of nitrogens with zero attached hydrogens (tertiary/aromatic N) is 1. The molecule has 0 bridgehead atoms. The summed E-state index contributed by atoms with van der Waals surface area (Å²) in [5.41, 5.74) is 3.89. The van der Waals surface area contributed by atoms with E-state index in [1.54, 1.807) is 0 Å². The number of aromatic nitrogens is 1. The molecule has 160 valence electrons. The van der Waals surface area contributed by atoms with Gasteiger partial charge in [-0.1, -0.05) is 0 Å². The van der Waals surface area contributed by atoms with E-state index in [0.717, 1.165) is 13.0 Å². The zero-order valence-electron chi connectivity index (χ0n) is 17.1. The fourth-order valence-corrected chi connectivity index (χ4v) is 7.70.